The average Bonchev–Trinajstić information content (AvgIpc) is 2.40. The van der Waals surface area contributed by atoms with Crippen LogP contribution in [-0.4, -0.2) is 12.9 Å². The van der Waals surface area contributed by atoms with Crippen molar-refractivity contribution in [2.75, 3.05) is 7.11 Å². The smallest absolute Gasteiger partial charge is 0.181 e. The molecule has 1 unspecified atom stereocenters. The van der Waals surface area contributed by atoms with Gasteiger partial charge in [-0.05, 0) is 17.4 Å². The fourth-order valence-electron chi connectivity index (χ4n) is 3.03. The molecule has 2 heteroatoms. The molecular weight excluding hydrogens is 248 g/mol. The van der Waals surface area contributed by atoms with E-state index in [0.29, 0.717) is 6.42 Å². The summed E-state index contributed by atoms with van der Waals surface area (Å²) in [5.41, 5.74) is 0.892. The maximum absolute atomic E-state index is 12.9. The Morgan fingerprint density at radius 2 is 1.85 bits per heavy atom. The first kappa shape index (κ1) is 14.6. The van der Waals surface area contributed by atoms with Gasteiger partial charge in [0.1, 0.15) is 11.2 Å². The topological polar surface area (TPSA) is 26.3 Å². The predicted octanol–water partition coefficient (Wildman–Crippen LogP) is 4.03. The van der Waals surface area contributed by atoms with Crippen molar-refractivity contribution in [1.82, 2.24) is 0 Å². The lowest BCUT2D eigenvalue weighted by Crippen LogP contribution is -2.51. The lowest BCUT2D eigenvalue weighted by atomic mass is 9.56. The summed E-state index contributed by atoms with van der Waals surface area (Å²) in [7, 11) is 1.65. The molecule has 0 aromatic heterocycles. The molecule has 0 aliphatic heterocycles. The van der Waals surface area contributed by atoms with Crippen LogP contribution < -0.4 is 0 Å². The summed E-state index contributed by atoms with van der Waals surface area (Å²) < 4.78 is 5.63. The Hall–Kier alpha value is -1.83. The van der Waals surface area contributed by atoms with Crippen molar-refractivity contribution in [3.8, 4) is 0 Å². The first-order valence-corrected chi connectivity index (χ1v) is 6.90. The van der Waals surface area contributed by atoms with Crippen molar-refractivity contribution in [1.29, 1.82) is 0 Å². The second-order valence-corrected chi connectivity index (χ2v) is 6.25. The molecule has 1 aliphatic carbocycles. The van der Waals surface area contributed by atoms with Crippen LogP contribution in [0.4, 0.5) is 0 Å². The standard InChI is InChI=1S/C18H22O2/c1-6-12-18(13-10-8-7-9-11-13)15(19)14(16(18)20-5)17(2,3)4/h6-11H,1,12H2,2-5H3. The Bertz CT molecular complexity index is 561. The van der Waals surface area contributed by atoms with E-state index in [0.717, 1.165) is 16.9 Å². The summed E-state index contributed by atoms with van der Waals surface area (Å²) in [5.74, 6) is 0.953. The molecule has 106 valence electrons. The van der Waals surface area contributed by atoms with Gasteiger partial charge in [-0.25, -0.2) is 0 Å². The molecule has 0 bridgehead atoms. The van der Waals surface area contributed by atoms with E-state index in [4.69, 9.17) is 4.74 Å². The van der Waals surface area contributed by atoms with E-state index in [-0.39, 0.29) is 11.2 Å². The fraction of sp³-hybridized carbons (Fsp3) is 0.389. The molecule has 0 fully saturated rings. The van der Waals surface area contributed by atoms with Gasteiger partial charge in [-0.15, -0.1) is 6.58 Å². The van der Waals surface area contributed by atoms with Gasteiger partial charge in [0.2, 0.25) is 0 Å². The highest BCUT2D eigenvalue weighted by atomic mass is 16.5. The Labute approximate surface area is 121 Å². The van der Waals surface area contributed by atoms with Crippen molar-refractivity contribution in [3.63, 3.8) is 0 Å². The monoisotopic (exact) mass is 270 g/mol. The minimum absolute atomic E-state index is 0.160. The van der Waals surface area contributed by atoms with Gasteiger partial charge in [-0.3, -0.25) is 4.79 Å². The molecule has 0 radical (unpaired) electrons. The SMILES string of the molecule is C=CCC1(c2ccccc2)C(=O)C(C(C)(C)C)=C1OC. The second kappa shape index (κ2) is 4.93. The van der Waals surface area contributed by atoms with E-state index in [9.17, 15) is 4.79 Å². The average molecular weight is 270 g/mol. The van der Waals surface area contributed by atoms with Crippen LogP contribution in [0, 0.1) is 5.41 Å². The predicted molar refractivity (Wildman–Crippen MR) is 81.4 cm³/mol. The quantitative estimate of drug-likeness (QED) is 0.772. The zero-order valence-electron chi connectivity index (χ0n) is 12.7. The summed E-state index contributed by atoms with van der Waals surface area (Å²) in [5, 5.41) is 0. The first-order chi connectivity index (χ1) is 9.39. The lowest BCUT2D eigenvalue weighted by Gasteiger charge is -2.46. The van der Waals surface area contributed by atoms with E-state index < -0.39 is 5.41 Å². The van der Waals surface area contributed by atoms with Crippen LogP contribution in [0.1, 0.15) is 32.8 Å². The van der Waals surface area contributed by atoms with Crippen molar-refractivity contribution < 1.29 is 9.53 Å². The van der Waals surface area contributed by atoms with Crippen molar-refractivity contribution >= 4 is 5.78 Å². The number of Topliss-reactive ketones (excluding diaryl/α,β-unsaturated/α-hetero) is 1. The third-order valence-electron chi connectivity index (χ3n) is 3.90. The van der Waals surface area contributed by atoms with Crippen LogP contribution in [0.3, 0.4) is 0 Å². The second-order valence-electron chi connectivity index (χ2n) is 6.25. The number of benzene rings is 1. The Kier molecular flexibility index (Phi) is 3.59. The number of ketones is 1. The van der Waals surface area contributed by atoms with Crippen molar-refractivity contribution in [2.45, 2.75) is 32.6 Å². The van der Waals surface area contributed by atoms with Crippen LogP contribution >= 0.6 is 0 Å². The number of carbonyl (C=O) groups is 1. The molecule has 0 N–H and O–H groups in total. The summed E-state index contributed by atoms with van der Waals surface area (Å²) in [4.78, 5) is 12.9. The molecule has 20 heavy (non-hydrogen) atoms. The molecule has 1 aromatic carbocycles. The van der Waals surface area contributed by atoms with E-state index in [1.807, 2.05) is 51.1 Å². The molecule has 2 rings (SSSR count). The molecule has 1 atom stereocenters. The highest BCUT2D eigenvalue weighted by molar-refractivity contribution is 6.14. The van der Waals surface area contributed by atoms with Crippen LogP contribution in [0.15, 0.2) is 54.3 Å². The normalized spacial score (nSPS) is 22.5. The summed E-state index contributed by atoms with van der Waals surface area (Å²) >= 11 is 0. The van der Waals surface area contributed by atoms with Gasteiger partial charge in [-0.1, -0.05) is 57.2 Å². The maximum Gasteiger partial charge on any atom is 0.181 e. The van der Waals surface area contributed by atoms with Gasteiger partial charge in [0.05, 0.1) is 7.11 Å². The van der Waals surface area contributed by atoms with Gasteiger partial charge in [0.15, 0.2) is 5.78 Å². The van der Waals surface area contributed by atoms with E-state index in [1.54, 1.807) is 13.2 Å². The van der Waals surface area contributed by atoms with Crippen LogP contribution in [0.2, 0.25) is 0 Å². The molecule has 0 saturated heterocycles. The summed E-state index contributed by atoms with van der Waals surface area (Å²) in [6.45, 7) is 9.94. The lowest BCUT2D eigenvalue weighted by molar-refractivity contribution is -0.126. The van der Waals surface area contributed by atoms with E-state index in [2.05, 4.69) is 6.58 Å². The Morgan fingerprint density at radius 3 is 2.30 bits per heavy atom. The number of hydrogen-bond donors (Lipinski definition) is 0. The fourth-order valence-corrected chi connectivity index (χ4v) is 3.03. The molecular formula is C18H22O2. The molecule has 0 amide bonds. The van der Waals surface area contributed by atoms with Crippen molar-refractivity contribution in [3.05, 3.63) is 59.9 Å². The number of methoxy groups -OCH3 is 1. The zero-order valence-corrected chi connectivity index (χ0v) is 12.7. The summed E-state index contributed by atoms with van der Waals surface area (Å²) in [6.07, 6.45) is 2.36. The first-order valence-electron chi connectivity index (χ1n) is 6.90. The zero-order chi connectivity index (χ0) is 15.0. The highest BCUT2D eigenvalue weighted by Gasteiger charge is 2.58. The number of ether oxygens (including phenoxy) is 1. The van der Waals surface area contributed by atoms with Crippen LogP contribution in [0.5, 0.6) is 0 Å². The number of rotatable bonds is 4. The summed E-state index contributed by atoms with van der Waals surface area (Å²) in [6, 6.07) is 9.83. The van der Waals surface area contributed by atoms with Gasteiger partial charge in [0.25, 0.3) is 0 Å². The van der Waals surface area contributed by atoms with Gasteiger partial charge in [-0.2, -0.15) is 0 Å². The Morgan fingerprint density at radius 1 is 1.25 bits per heavy atom. The van der Waals surface area contributed by atoms with Crippen molar-refractivity contribution in [2.24, 2.45) is 5.41 Å². The molecule has 0 saturated carbocycles. The minimum atomic E-state index is -0.680. The van der Waals surface area contributed by atoms with E-state index in [1.165, 1.54) is 0 Å². The van der Waals surface area contributed by atoms with Gasteiger partial charge < -0.3 is 4.74 Å². The van der Waals surface area contributed by atoms with E-state index >= 15 is 0 Å². The van der Waals surface area contributed by atoms with Gasteiger partial charge in [0, 0.05) is 5.57 Å². The number of hydrogen-bond acceptors (Lipinski definition) is 2. The molecule has 0 spiro atoms. The molecule has 0 heterocycles. The molecule has 1 aliphatic rings. The number of carbonyl (C=O) groups excluding carboxylic acids is 1. The maximum atomic E-state index is 12.9. The third kappa shape index (κ3) is 1.91. The third-order valence-corrected chi connectivity index (χ3v) is 3.90. The molecule has 2 nitrogen and oxygen atoms in total. The largest absolute Gasteiger partial charge is 0.499 e. The van der Waals surface area contributed by atoms with Crippen LogP contribution in [-0.2, 0) is 14.9 Å². The minimum Gasteiger partial charge on any atom is -0.499 e. The van der Waals surface area contributed by atoms with Gasteiger partial charge >= 0.3 is 0 Å². The van der Waals surface area contributed by atoms with Crippen LogP contribution in [0.25, 0.3) is 0 Å². The highest BCUT2D eigenvalue weighted by Crippen LogP contribution is 2.53. The molecule has 1 aromatic rings. The number of allylic oxidation sites excluding steroid dienone is 3. The Balaban J connectivity index is 2.65.